The Hall–Kier alpha value is -3.53. The number of rotatable bonds is 11. The van der Waals surface area contributed by atoms with Crippen LogP contribution in [0.15, 0.2) is 40.4 Å². The maximum Gasteiger partial charge on any atom is 0.331 e. The van der Waals surface area contributed by atoms with E-state index >= 15 is 0 Å². The molecule has 1 heterocycles. The third kappa shape index (κ3) is 6.17. The first-order valence-electron chi connectivity index (χ1n) is 11.5. The molecular weight excluding hydrogens is 532 g/mol. The average molecular weight is 561 g/mol. The number of hydrogen-bond acceptors (Lipinski definition) is 7. The molecule has 1 aliphatic rings. The summed E-state index contributed by atoms with van der Waals surface area (Å²) in [6, 6.07) is 7.73. The molecule has 2 aromatic rings. The number of urea groups is 1. The van der Waals surface area contributed by atoms with E-state index in [1.165, 1.54) is 20.3 Å². The van der Waals surface area contributed by atoms with Crippen LogP contribution >= 0.6 is 15.9 Å². The Balaban J connectivity index is 1.89. The lowest BCUT2D eigenvalue weighted by atomic mass is 10.1. The zero-order chi connectivity index (χ0) is 26.2. The first-order chi connectivity index (χ1) is 17.3. The second-order valence-electron chi connectivity index (χ2n) is 7.92. The SMILES string of the molecule is CCCOc1ccc(CN2C(=O)NC(=O)/C(=C\c3cc(Br)c(OCCC)c(OC)c3)C2=O)cc1OC. The van der Waals surface area contributed by atoms with Crippen LogP contribution < -0.4 is 24.3 Å². The Bertz CT molecular complexity index is 1180. The third-order valence-corrected chi connectivity index (χ3v) is 5.82. The smallest absolute Gasteiger partial charge is 0.331 e. The van der Waals surface area contributed by atoms with E-state index < -0.39 is 17.8 Å². The number of amides is 4. The summed E-state index contributed by atoms with van der Waals surface area (Å²) in [7, 11) is 3.02. The fraction of sp³-hybridized carbons (Fsp3) is 0.346. The van der Waals surface area contributed by atoms with Gasteiger partial charge in [-0.3, -0.25) is 19.8 Å². The maximum atomic E-state index is 13.2. The summed E-state index contributed by atoms with van der Waals surface area (Å²) in [5.74, 6) is 0.537. The number of methoxy groups -OCH3 is 2. The van der Waals surface area contributed by atoms with Crippen molar-refractivity contribution in [3.63, 3.8) is 0 Å². The molecule has 0 aliphatic carbocycles. The van der Waals surface area contributed by atoms with E-state index in [4.69, 9.17) is 18.9 Å². The molecule has 0 atom stereocenters. The van der Waals surface area contributed by atoms with Gasteiger partial charge in [-0.25, -0.2) is 4.79 Å². The number of benzene rings is 2. The molecule has 0 spiro atoms. The van der Waals surface area contributed by atoms with Gasteiger partial charge in [0.05, 0.1) is 38.5 Å². The summed E-state index contributed by atoms with van der Waals surface area (Å²) in [4.78, 5) is 39.3. The minimum atomic E-state index is -0.797. The molecule has 1 N–H and O–H groups in total. The fourth-order valence-corrected chi connectivity index (χ4v) is 4.07. The van der Waals surface area contributed by atoms with Crippen LogP contribution in [0.5, 0.6) is 23.0 Å². The molecule has 4 amide bonds. The number of carbonyl (C=O) groups is 3. The third-order valence-electron chi connectivity index (χ3n) is 5.23. The van der Waals surface area contributed by atoms with Crippen LogP contribution in [0.3, 0.4) is 0 Å². The van der Waals surface area contributed by atoms with E-state index in [0.29, 0.717) is 51.8 Å². The van der Waals surface area contributed by atoms with Crippen molar-refractivity contribution >= 4 is 39.9 Å². The molecular formula is C26H29BrN2O7. The highest BCUT2D eigenvalue weighted by molar-refractivity contribution is 9.10. The summed E-state index contributed by atoms with van der Waals surface area (Å²) in [6.45, 7) is 4.97. The van der Waals surface area contributed by atoms with Gasteiger partial charge in [0.25, 0.3) is 11.8 Å². The zero-order valence-corrected chi connectivity index (χ0v) is 22.3. The number of nitrogens with zero attached hydrogens (tertiary/aromatic N) is 1. The molecule has 36 heavy (non-hydrogen) atoms. The number of barbiturate groups is 1. The van der Waals surface area contributed by atoms with Crippen molar-refractivity contribution in [3.8, 4) is 23.0 Å². The van der Waals surface area contributed by atoms with Gasteiger partial charge in [-0.2, -0.15) is 0 Å². The zero-order valence-electron chi connectivity index (χ0n) is 20.7. The summed E-state index contributed by atoms with van der Waals surface area (Å²) >= 11 is 3.46. The van der Waals surface area contributed by atoms with Gasteiger partial charge in [0.2, 0.25) is 0 Å². The molecule has 10 heteroatoms. The molecule has 9 nitrogen and oxygen atoms in total. The maximum absolute atomic E-state index is 13.2. The molecule has 1 saturated heterocycles. The molecule has 0 radical (unpaired) electrons. The van der Waals surface area contributed by atoms with E-state index in [0.717, 1.165) is 17.7 Å². The summed E-state index contributed by atoms with van der Waals surface area (Å²) < 4.78 is 22.8. The van der Waals surface area contributed by atoms with E-state index in [-0.39, 0.29) is 12.1 Å². The van der Waals surface area contributed by atoms with E-state index in [1.54, 1.807) is 30.3 Å². The van der Waals surface area contributed by atoms with Gasteiger partial charge in [-0.1, -0.05) is 19.9 Å². The Labute approximate surface area is 218 Å². The van der Waals surface area contributed by atoms with E-state index in [2.05, 4.69) is 21.2 Å². The molecule has 0 unspecified atom stereocenters. The van der Waals surface area contributed by atoms with Gasteiger partial charge in [-0.15, -0.1) is 0 Å². The Morgan fingerprint density at radius 2 is 1.61 bits per heavy atom. The van der Waals surface area contributed by atoms with Gasteiger partial charge in [0.15, 0.2) is 23.0 Å². The Morgan fingerprint density at radius 1 is 0.917 bits per heavy atom. The molecule has 0 aromatic heterocycles. The number of ether oxygens (including phenoxy) is 4. The molecule has 0 saturated carbocycles. The normalized spacial score (nSPS) is 14.6. The Kier molecular flexibility index (Phi) is 9.35. The van der Waals surface area contributed by atoms with Crippen LogP contribution in [-0.4, -0.2) is 50.2 Å². The highest BCUT2D eigenvalue weighted by atomic mass is 79.9. The second-order valence-corrected chi connectivity index (χ2v) is 8.78. The molecule has 192 valence electrons. The predicted molar refractivity (Wildman–Crippen MR) is 137 cm³/mol. The van der Waals surface area contributed by atoms with Crippen LogP contribution in [0, 0.1) is 0 Å². The monoisotopic (exact) mass is 560 g/mol. The van der Waals surface area contributed by atoms with Crippen molar-refractivity contribution in [2.24, 2.45) is 0 Å². The standard InChI is InChI=1S/C26H29BrN2O7/c1-5-9-35-20-8-7-16(13-21(20)33-3)15-29-25(31)18(24(30)28-26(29)32)11-17-12-19(27)23(36-10-6-2)22(14-17)34-4/h7-8,11-14H,5-6,9-10,15H2,1-4H3,(H,28,30,32)/b18-11+. The van der Waals surface area contributed by atoms with Crippen molar-refractivity contribution in [1.29, 1.82) is 0 Å². The number of nitrogens with one attached hydrogen (secondary N) is 1. The van der Waals surface area contributed by atoms with Crippen LogP contribution in [0.1, 0.15) is 37.8 Å². The van der Waals surface area contributed by atoms with Crippen molar-refractivity contribution in [2.45, 2.75) is 33.2 Å². The lowest BCUT2D eigenvalue weighted by Crippen LogP contribution is -2.53. The van der Waals surface area contributed by atoms with Gasteiger partial charge < -0.3 is 18.9 Å². The number of imide groups is 2. The van der Waals surface area contributed by atoms with Crippen molar-refractivity contribution < 1.29 is 33.3 Å². The number of halogens is 1. The van der Waals surface area contributed by atoms with Gasteiger partial charge >= 0.3 is 6.03 Å². The van der Waals surface area contributed by atoms with Crippen LogP contribution in [-0.2, 0) is 16.1 Å². The summed E-state index contributed by atoms with van der Waals surface area (Å²) in [6.07, 6.45) is 3.07. The first-order valence-corrected chi connectivity index (χ1v) is 12.3. The minimum Gasteiger partial charge on any atom is -0.493 e. The van der Waals surface area contributed by atoms with Crippen LogP contribution in [0.2, 0.25) is 0 Å². The highest BCUT2D eigenvalue weighted by Crippen LogP contribution is 2.37. The van der Waals surface area contributed by atoms with Crippen LogP contribution in [0.25, 0.3) is 6.08 Å². The lowest BCUT2D eigenvalue weighted by molar-refractivity contribution is -0.130. The number of hydrogen-bond donors (Lipinski definition) is 1. The largest absolute Gasteiger partial charge is 0.493 e. The molecule has 0 bridgehead atoms. The number of carbonyl (C=O) groups excluding carboxylic acids is 3. The molecule has 2 aromatic carbocycles. The fourth-order valence-electron chi connectivity index (χ4n) is 3.50. The van der Waals surface area contributed by atoms with Gasteiger partial charge in [-0.05, 0) is 70.2 Å². The van der Waals surface area contributed by atoms with E-state index in [1.807, 2.05) is 13.8 Å². The first kappa shape index (κ1) is 27.1. The summed E-state index contributed by atoms with van der Waals surface area (Å²) in [5.41, 5.74) is 0.977. The Morgan fingerprint density at radius 3 is 2.28 bits per heavy atom. The van der Waals surface area contributed by atoms with Gasteiger partial charge in [0, 0.05) is 0 Å². The quantitative estimate of drug-likeness (QED) is 0.313. The van der Waals surface area contributed by atoms with Crippen molar-refractivity contribution in [3.05, 3.63) is 51.5 Å². The van der Waals surface area contributed by atoms with Crippen molar-refractivity contribution in [1.82, 2.24) is 10.2 Å². The predicted octanol–water partition coefficient (Wildman–Crippen LogP) is 4.71. The topological polar surface area (TPSA) is 103 Å². The van der Waals surface area contributed by atoms with E-state index in [9.17, 15) is 14.4 Å². The molecule has 1 aliphatic heterocycles. The van der Waals surface area contributed by atoms with Gasteiger partial charge in [0.1, 0.15) is 5.57 Å². The highest BCUT2D eigenvalue weighted by Gasteiger charge is 2.36. The van der Waals surface area contributed by atoms with Crippen molar-refractivity contribution in [2.75, 3.05) is 27.4 Å². The van der Waals surface area contributed by atoms with Crippen LogP contribution in [0.4, 0.5) is 4.79 Å². The molecule has 1 fully saturated rings. The summed E-state index contributed by atoms with van der Waals surface area (Å²) in [5, 5.41) is 2.24. The lowest BCUT2D eigenvalue weighted by Gasteiger charge is -2.26. The second kappa shape index (κ2) is 12.4. The average Bonchev–Trinajstić information content (AvgIpc) is 2.87. The molecule has 3 rings (SSSR count). The minimum absolute atomic E-state index is 0.0590.